The first kappa shape index (κ1) is 19.4. The molecule has 0 atom stereocenters. The van der Waals surface area contributed by atoms with E-state index in [1.807, 2.05) is 0 Å². The third kappa shape index (κ3) is 5.26. The van der Waals surface area contributed by atoms with Crippen molar-refractivity contribution < 1.29 is 24.0 Å². The third-order valence-corrected chi connectivity index (χ3v) is 3.35. The molecule has 0 radical (unpaired) electrons. The molecule has 0 spiro atoms. The molecule has 27 heavy (non-hydrogen) atoms. The van der Waals surface area contributed by atoms with Gasteiger partial charge in [-0.1, -0.05) is 0 Å². The highest BCUT2D eigenvalue weighted by atomic mass is 16.6. The van der Waals surface area contributed by atoms with Crippen LogP contribution in [0.5, 0.6) is 11.5 Å². The zero-order valence-corrected chi connectivity index (χ0v) is 14.5. The van der Waals surface area contributed by atoms with Gasteiger partial charge in [0.15, 0.2) is 0 Å². The van der Waals surface area contributed by atoms with Gasteiger partial charge in [-0.15, -0.1) is 0 Å². The van der Waals surface area contributed by atoms with Gasteiger partial charge in [-0.05, 0) is 30.3 Å². The van der Waals surface area contributed by atoms with E-state index in [0.717, 1.165) is 0 Å². The van der Waals surface area contributed by atoms with Crippen molar-refractivity contribution in [1.29, 1.82) is 0 Å². The highest BCUT2D eigenvalue weighted by molar-refractivity contribution is 6.39. The summed E-state index contributed by atoms with van der Waals surface area (Å²) in [5, 5.41) is 16.6. The molecule has 10 nitrogen and oxygen atoms in total. The zero-order valence-electron chi connectivity index (χ0n) is 14.5. The maximum Gasteiger partial charge on any atom is 0.329 e. The number of non-ortho nitro benzene ring substituents is 1. The van der Waals surface area contributed by atoms with Gasteiger partial charge in [-0.2, -0.15) is 5.10 Å². The van der Waals surface area contributed by atoms with Crippen molar-refractivity contribution in [2.24, 2.45) is 5.10 Å². The zero-order chi connectivity index (χ0) is 19.8. The van der Waals surface area contributed by atoms with Crippen LogP contribution in [0.4, 0.5) is 11.4 Å². The van der Waals surface area contributed by atoms with Gasteiger partial charge < -0.3 is 14.8 Å². The van der Waals surface area contributed by atoms with Crippen molar-refractivity contribution >= 4 is 29.4 Å². The lowest BCUT2D eigenvalue weighted by Crippen LogP contribution is -2.32. The topological polar surface area (TPSA) is 132 Å². The standard InChI is InChI=1S/C17H16N4O6/c1-26-14-7-8-15(27-2)11(9-14)10-18-20-17(23)16(22)19-12-3-5-13(6-4-12)21(24)25/h3-10H,1-2H3,(H,19,22)(H,20,23)/b18-10-. The molecule has 0 unspecified atom stereocenters. The number of rotatable bonds is 6. The number of hydrogen-bond donors (Lipinski definition) is 2. The minimum Gasteiger partial charge on any atom is -0.497 e. The molecular weight excluding hydrogens is 356 g/mol. The summed E-state index contributed by atoms with van der Waals surface area (Å²) in [6.45, 7) is 0. The summed E-state index contributed by atoms with van der Waals surface area (Å²) < 4.78 is 10.3. The molecule has 2 N–H and O–H groups in total. The Morgan fingerprint density at radius 3 is 2.37 bits per heavy atom. The second-order valence-corrected chi connectivity index (χ2v) is 5.07. The van der Waals surface area contributed by atoms with Crippen LogP contribution in [-0.4, -0.2) is 37.2 Å². The smallest absolute Gasteiger partial charge is 0.329 e. The molecule has 0 aliphatic carbocycles. The Labute approximate surface area is 153 Å². The van der Waals surface area contributed by atoms with Gasteiger partial charge in [-0.3, -0.25) is 19.7 Å². The second-order valence-electron chi connectivity index (χ2n) is 5.07. The predicted molar refractivity (Wildman–Crippen MR) is 97.0 cm³/mol. The van der Waals surface area contributed by atoms with Crippen LogP contribution in [0.1, 0.15) is 5.56 Å². The van der Waals surface area contributed by atoms with Crippen molar-refractivity contribution in [1.82, 2.24) is 5.43 Å². The van der Waals surface area contributed by atoms with Crippen molar-refractivity contribution in [2.75, 3.05) is 19.5 Å². The predicted octanol–water partition coefficient (Wildman–Crippen LogP) is 1.70. The summed E-state index contributed by atoms with van der Waals surface area (Å²) in [6, 6.07) is 10.1. The Kier molecular flexibility index (Phi) is 6.42. The van der Waals surface area contributed by atoms with Crippen molar-refractivity contribution in [3.8, 4) is 11.5 Å². The number of benzene rings is 2. The Bertz CT molecular complexity index is 879. The summed E-state index contributed by atoms with van der Waals surface area (Å²) in [5.41, 5.74) is 2.72. The SMILES string of the molecule is COc1ccc(OC)c(/C=N\NC(=O)C(=O)Nc2ccc([N+](=O)[O-])cc2)c1. The summed E-state index contributed by atoms with van der Waals surface area (Å²) in [5.74, 6) is -0.909. The number of nitro groups is 1. The number of nitrogens with one attached hydrogen (secondary N) is 2. The number of anilines is 1. The maximum absolute atomic E-state index is 11.8. The largest absolute Gasteiger partial charge is 0.497 e. The summed E-state index contributed by atoms with van der Waals surface area (Å²) in [4.78, 5) is 33.6. The van der Waals surface area contributed by atoms with E-state index in [-0.39, 0.29) is 11.4 Å². The fourth-order valence-corrected chi connectivity index (χ4v) is 2.01. The molecule has 0 heterocycles. The normalized spacial score (nSPS) is 10.3. The van der Waals surface area contributed by atoms with E-state index in [4.69, 9.17) is 9.47 Å². The van der Waals surface area contributed by atoms with Gasteiger partial charge in [0.1, 0.15) is 11.5 Å². The lowest BCUT2D eigenvalue weighted by molar-refractivity contribution is -0.384. The van der Waals surface area contributed by atoms with Gasteiger partial charge in [-0.25, -0.2) is 5.43 Å². The van der Waals surface area contributed by atoms with E-state index in [9.17, 15) is 19.7 Å². The lowest BCUT2D eigenvalue weighted by Gasteiger charge is -2.07. The Morgan fingerprint density at radius 2 is 1.78 bits per heavy atom. The number of hydrogen-bond acceptors (Lipinski definition) is 7. The quantitative estimate of drug-likeness (QED) is 0.343. The van der Waals surface area contributed by atoms with Crippen LogP contribution in [0, 0.1) is 10.1 Å². The maximum atomic E-state index is 11.8. The number of methoxy groups -OCH3 is 2. The molecule has 0 saturated carbocycles. The van der Waals surface area contributed by atoms with Gasteiger partial charge in [0.25, 0.3) is 5.69 Å². The van der Waals surface area contributed by atoms with E-state index in [0.29, 0.717) is 17.1 Å². The van der Waals surface area contributed by atoms with Gasteiger partial charge in [0, 0.05) is 23.4 Å². The molecule has 2 aromatic carbocycles. The molecule has 0 bridgehead atoms. The van der Waals surface area contributed by atoms with Gasteiger partial charge in [0.05, 0.1) is 25.4 Å². The van der Waals surface area contributed by atoms with Crippen LogP contribution in [0.15, 0.2) is 47.6 Å². The summed E-state index contributed by atoms with van der Waals surface area (Å²) in [7, 11) is 2.99. The fourth-order valence-electron chi connectivity index (χ4n) is 2.01. The first-order valence-corrected chi connectivity index (χ1v) is 7.55. The van der Waals surface area contributed by atoms with E-state index in [2.05, 4.69) is 15.8 Å². The van der Waals surface area contributed by atoms with Crippen LogP contribution in [0.2, 0.25) is 0 Å². The molecule has 2 amide bonds. The second kappa shape index (κ2) is 8.94. The first-order valence-electron chi connectivity index (χ1n) is 7.55. The summed E-state index contributed by atoms with van der Waals surface area (Å²) >= 11 is 0. The van der Waals surface area contributed by atoms with Crippen LogP contribution in [0.25, 0.3) is 0 Å². The highest BCUT2D eigenvalue weighted by Crippen LogP contribution is 2.22. The summed E-state index contributed by atoms with van der Waals surface area (Å²) in [6.07, 6.45) is 1.30. The molecule has 2 aromatic rings. The molecule has 140 valence electrons. The number of carbonyl (C=O) groups excluding carboxylic acids is 2. The van der Waals surface area contributed by atoms with E-state index < -0.39 is 16.7 Å². The molecule has 0 fully saturated rings. The van der Waals surface area contributed by atoms with Gasteiger partial charge in [0.2, 0.25) is 0 Å². The van der Waals surface area contributed by atoms with E-state index in [1.54, 1.807) is 18.2 Å². The average molecular weight is 372 g/mol. The van der Waals surface area contributed by atoms with Crippen molar-refractivity contribution in [3.05, 3.63) is 58.1 Å². The van der Waals surface area contributed by atoms with Crippen molar-refractivity contribution in [3.63, 3.8) is 0 Å². The number of nitrogens with zero attached hydrogens (tertiary/aromatic N) is 2. The number of ether oxygens (including phenoxy) is 2. The molecule has 0 aliphatic heterocycles. The van der Waals surface area contributed by atoms with Crippen molar-refractivity contribution in [2.45, 2.75) is 0 Å². The molecule has 0 aliphatic rings. The highest BCUT2D eigenvalue weighted by Gasteiger charge is 2.14. The van der Waals surface area contributed by atoms with Crippen LogP contribution >= 0.6 is 0 Å². The van der Waals surface area contributed by atoms with Crippen LogP contribution in [0.3, 0.4) is 0 Å². The number of carbonyl (C=O) groups is 2. The fraction of sp³-hybridized carbons (Fsp3) is 0.118. The minimum absolute atomic E-state index is 0.130. The third-order valence-electron chi connectivity index (χ3n) is 3.35. The number of nitro benzene ring substituents is 1. The van der Waals surface area contributed by atoms with Gasteiger partial charge >= 0.3 is 11.8 Å². The number of amides is 2. The molecular formula is C17H16N4O6. The van der Waals surface area contributed by atoms with Crippen LogP contribution < -0.4 is 20.2 Å². The molecule has 0 saturated heterocycles. The van der Waals surface area contributed by atoms with E-state index in [1.165, 1.54) is 44.7 Å². The first-order chi connectivity index (χ1) is 12.9. The molecule has 10 heteroatoms. The average Bonchev–Trinajstić information content (AvgIpc) is 2.68. The Morgan fingerprint density at radius 1 is 1.07 bits per heavy atom. The lowest BCUT2D eigenvalue weighted by atomic mass is 10.2. The molecule has 2 rings (SSSR count). The Balaban J connectivity index is 1.97. The van der Waals surface area contributed by atoms with E-state index >= 15 is 0 Å². The monoisotopic (exact) mass is 372 g/mol. The minimum atomic E-state index is -1.01. The number of hydrazone groups is 1. The Hall–Kier alpha value is -3.95. The molecule has 0 aromatic heterocycles. The van der Waals surface area contributed by atoms with Crippen LogP contribution in [-0.2, 0) is 9.59 Å².